The zero-order valence-corrected chi connectivity index (χ0v) is 10.2. The molecule has 4 nitrogen and oxygen atoms in total. The minimum Gasteiger partial charge on any atom is -0.466 e. The normalized spacial score (nSPS) is 10.2. The number of nitriles is 1. The molecule has 0 N–H and O–H groups in total. The molecule has 0 spiro atoms. The third-order valence-electron chi connectivity index (χ3n) is 2.11. The van der Waals surface area contributed by atoms with Gasteiger partial charge in [-0.3, -0.25) is 9.78 Å². The molecule has 0 bridgehead atoms. The Hall–Kier alpha value is -1.74. The number of hydrogen-bond donors (Lipinski definition) is 0. The predicted molar refractivity (Wildman–Crippen MR) is 59.3 cm³/mol. The molecule has 0 aliphatic rings. The van der Waals surface area contributed by atoms with E-state index in [-0.39, 0.29) is 29.2 Å². The fourth-order valence-corrected chi connectivity index (χ4v) is 1.57. The molecule has 0 saturated heterocycles. The van der Waals surface area contributed by atoms with Crippen LogP contribution in [-0.4, -0.2) is 17.6 Å². The number of ether oxygens (including phenoxy) is 1. The lowest BCUT2D eigenvalue weighted by Crippen LogP contribution is -2.11. The van der Waals surface area contributed by atoms with Gasteiger partial charge in [0.2, 0.25) is 0 Å². The second-order valence-corrected chi connectivity index (χ2v) is 3.65. The Kier molecular flexibility index (Phi) is 4.98. The van der Waals surface area contributed by atoms with Crippen LogP contribution in [0.3, 0.4) is 0 Å². The summed E-state index contributed by atoms with van der Waals surface area (Å²) in [4.78, 5) is 14.7. The number of nitrogens with zero attached hydrogens (tertiary/aromatic N) is 2. The van der Waals surface area contributed by atoms with Crippen molar-refractivity contribution in [2.24, 2.45) is 0 Å². The smallest absolute Gasteiger partial charge is 0.310 e. The Balaban J connectivity index is 3.21. The highest BCUT2D eigenvalue weighted by atomic mass is 35.5. The van der Waals surface area contributed by atoms with Gasteiger partial charge in [0.1, 0.15) is 11.8 Å². The first-order valence-corrected chi connectivity index (χ1v) is 5.40. The van der Waals surface area contributed by atoms with Gasteiger partial charge in [0.25, 0.3) is 6.43 Å². The van der Waals surface area contributed by atoms with Crippen molar-refractivity contribution in [1.82, 2.24) is 4.98 Å². The number of alkyl halides is 2. The lowest BCUT2D eigenvalue weighted by atomic mass is 10.0. The van der Waals surface area contributed by atoms with Gasteiger partial charge in [0.15, 0.2) is 0 Å². The second-order valence-electron chi connectivity index (χ2n) is 3.24. The lowest BCUT2D eigenvalue weighted by Gasteiger charge is -2.09. The van der Waals surface area contributed by atoms with Gasteiger partial charge in [-0.05, 0) is 6.92 Å². The highest BCUT2D eigenvalue weighted by Gasteiger charge is 2.22. The lowest BCUT2D eigenvalue weighted by molar-refractivity contribution is -0.142. The minimum absolute atomic E-state index is 0.0102. The van der Waals surface area contributed by atoms with Crippen molar-refractivity contribution in [2.75, 3.05) is 6.61 Å². The molecule has 96 valence electrons. The number of esters is 1. The minimum atomic E-state index is -2.90. The van der Waals surface area contributed by atoms with Crippen LogP contribution >= 0.6 is 11.6 Å². The van der Waals surface area contributed by atoms with Gasteiger partial charge >= 0.3 is 5.97 Å². The van der Waals surface area contributed by atoms with Crippen molar-refractivity contribution in [3.05, 3.63) is 28.0 Å². The molecule has 7 heteroatoms. The number of aromatic nitrogens is 1. The molecule has 0 aliphatic carbocycles. The number of rotatable bonds is 4. The summed E-state index contributed by atoms with van der Waals surface area (Å²) in [7, 11) is 0. The highest BCUT2D eigenvalue weighted by molar-refractivity contribution is 6.31. The number of pyridine rings is 1. The van der Waals surface area contributed by atoms with E-state index in [1.54, 1.807) is 13.0 Å². The highest BCUT2D eigenvalue weighted by Crippen LogP contribution is 2.27. The molecule has 1 aromatic heterocycles. The quantitative estimate of drug-likeness (QED) is 0.792. The number of halogens is 3. The average Bonchev–Trinajstić information content (AvgIpc) is 2.31. The molecule has 0 saturated carbocycles. The maximum Gasteiger partial charge on any atom is 0.310 e. The molecule has 0 amide bonds. The third-order valence-corrected chi connectivity index (χ3v) is 2.43. The van der Waals surface area contributed by atoms with E-state index >= 15 is 0 Å². The van der Waals surface area contributed by atoms with E-state index in [4.69, 9.17) is 16.9 Å². The first-order valence-electron chi connectivity index (χ1n) is 5.02. The van der Waals surface area contributed by atoms with Crippen LogP contribution in [0.1, 0.15) is 30.2 Å². The first kappa shape index (κ1) is 14.3. The molecule has 0 aromatic carbocycles. The third kappa shape index (κ3) is 3.14. The Morgan fingerprint density at radius 3 is 2.83 bits per heavy atom. The molecular formula is C11H9ClF2N2O2. The largest absolute Gasteiger partial charge is 0.466 e. The van der Waals surface area contributed by atoms with E-state index in [9.17, 15) is 13.6 Å². The summed E-state index contributed by atoms with van der Waals surface area (Å²) < 4.78 is 30.0. The van der Waals surface area contributed by atoms with Gasteiger partial charge < -0.3 is 4.74 Å². The van der Waals surface area contributed by atoms with Crippen LogP contribution in [0.25, 0.3) is 0 Å². The maximum atomic E-state index is 12.6. The fourth-order valence-electron chi connectivity index (χ4n) is 1.36. The van der Waals surface area contributed by atoms with Gasteiger partial charge in [0.05, 0.1) is 23.6 Å². The van der Waals surface area contributed by atoms with Gasteiger partial charge in [-0.2, -0.15) is 5.26 Å². The number of carbonyl (C=O) groups is 1. The topological polar surface area (TPSA) is 63.0 Å². The van der Waals surface area contributed by atoms with E-state index in [1.807, 2.05) is 0 Å². The molecule has 0 unspecified atom stereocenters. The van der Waals surface area contributed by atoms with E-state index in [2.05, 4.69) is 9.72 Å². The van der Waals surface area contributed by atoms with E-state index in [0.717, 1.165) is 6.20 Å². The van der Waals surface area contributed by atoms with Gasteiger partial charge in [-0.15, -0.1) is 0 Å². The van der Waals surface area contributed by atoms with Gasteiger partial charge in [-0.1, -0.05) is 11.6 Å². The number of carbonyl (C=O) groups excluding carboxylic acids is 1. The fraction of sp³-hybridized carbons (Fsp3) is 0.364. The van der Waals surface area contributed by atoms with E-state index < -0.39 is 18.1 Å². The van der Waals surface area contributed by atoms with Crippen LogP contribution in [0.4, 0.5) is 8.78 Å². The molecule has 1 rings (SSSR count). The zero-order valence-electron chi connectivity index (χ0n) is 9.41. The summed E-state index contributed by atoms with van der Waals surface area (Å²) in [6.45, 7) is 1.77. The maximum absolute atomic E-state index is 12.6. The van der Waals surface area contributed by atoms with Crippen molar-refractivity contribution >= 4 is 17.6 Å². The standard InChI is InChI=1S/C11H9ClF2N2O2/c1-2-18-9(17)3-6-7(4-15)10(11(13)14)16-5-8(6)12/h5,11H,2-3H2,1H3. The van der Waals surface area contributed by atoms with Crippen LogP contribution in [-0.2, 0) is 16.0 Å². The van der Waals surface area contributed by atoms with Crippen LogP contribution in [0.5, 0.6) is 0 Å². The van der Waals surface area contributed by atoms with Crippen LogP contribution in [0.2, 0.25) is 5.02 Å². The molecule has 18 heavy (non-hydrogen) atoms. The Morgan fingerprint density at radius 2 is 2.33 bits per heavy atom. The monoisotopic (exact) mass is 274 g/mol. The van der Waals surface area contributed by atoms with Crippen LogP contribution in [0, 0.1) is 11.3 Å². The first-order chi connectivity index (χ1) is 8.51. The summed E-state index contributed by atoms with van der Waals surface area (Å²) in [5.41, 5.74) is -1.03. The Bertz CT molecular complexity index is 501. The van der Waals surface area contributed by atoms with Crippen molar-refractivity contribution < 1.29 is 18.3 Å². The molecular weight excluding hydrogens is 266 g/mol. The molecule has 0 aliphatic heterocycles. The molecule has 1 aromatic rings. The molecule has 0 fully saturated rings. The molecule has 0 atom stereocenters. The molecule has 0 radical (unpaired) electrons. The zero-order chi connectivity index (χ0) is 13.7. The van der Waals surface area contributed by atoms with E-state index in [1.165, 1.54) is 0 Å². The summed E-state index contributed by atoms with van der Waals surface area (Å²) in [5, 5.41) is 8.87. The van der Waals surface area contributed by atoms with Gasteiger partial charge in [0, 0.05) is 11.8 Å². The average molecular weight is 275 g/mol. The summed E-state index contributed by atoms with van der Waals surface area (Å²) >= 11 is 5.76. The van der Waals surface area contributed by atoms with Crippen molar-refractivity contribution in [2.45, 2.75) is 19.8 Å². The van der Waals surface area contributed by atoms with Crippen LogP contribution < -0.4 is 0 Å². The van der Waals surface area contributed by atoms with E-state index in [0.29, 0.717) is 0 Å². The summed E-state index contributed by atoms with van der Waals surface area (Å²) in [6, 6.07) is 1.60. The second kappa shape index (κ2) is 6.26. The summed E-state index contributed by atoms with van der Waals surface area (Å²) in [5.74, 6) is -0.637. The SMILES string of the molecule is CCOC(=O)Cc1c(Cl)cnc(C(F)F)c1C#N. The predicted octanol–water partition coefficient (Wildman–Crippen LogP) is 2.65. The van der Waals surface area contributed by atoms with Crippen molar-refractivity contribution in [3.63, 3.8) is 0 Å². The Labute approximate surface area is 107 Å². The molecule has 1 heterocycles. The van der Waals surface area contributed by atoms with Crippen LogP contribution in [0.15, 0.2) is 6.20 Å². The number of hydrogen-bond acceptors (Lipinski definition) is 4. The van der Waals surface area contributed by atoms with Crippen molar-refractivity contribution in [1.29, 1.82) is 5.26 Å². The van der Waals surface area contributed by atoms with Crippen molar-refractivity contribution in [3.8, 4) is 6.07 Å². The van der Waals surface area contributed by atoms with Gasteiger partial charge in [-0.25, -0.2) is 8.78 Å². The summed E-state index contributed by atoms with van der Waals surface area (Å²) in [6.07, 6.45) is -2.24. The Morgan fingerprint density at radius 1 is 1.67 bits per heavy atom.